The summed E-state index contributed by atoms with van der Waals surface area (Å²) in [6, 6.07) is 8.29. The number of aromatic nitrogens is 1. The number of morpholine rings is 1. The Morgan fingerprint density at radius 2 is 1.83 bits per heavy atom. The van der Waals surface area contributed by atoms with Crippen molar-refractivity contribution in [3.63, 3.8) is 0 Å². The van der Waals surface area contributed by atoms with Crippen LogP contribution < -0.4 is 9.80 Å². The fourth-order valence-corrected chi connectivity index (χ4v) is 5.45. The molecule has 0 bridgehead atoms. The van der Waals surface area contributed by atoms with E-state index in [1.54, 1.807) is 18.2 Å². The van der Waals surface area contributed by atoms with Crippen LogP contribution in [-0.4, -0.2) is 67.0 Å². The Bertz CT molecular complexity index is 1310. The molecule has 2 fully saturated rings. The van der Waals surface area contributed by atoms with Crippen molar-refractivity contribution in [2.75, 3.05) is 49.2 Å². The zero-order valence-electron chi connectivity index (χ0n) is 19.4. The highest BCUT2D eigenvalue weighted by molar-refractivity contribution is 7.22. The summed E-state index contributed by atoms with van der Waals surface area (Å²) < 4.78 is 33.8. The summed E-state index contributed by atoms with van der Waals surface area (Å²) in [4.78, 5) is 47.2. The highest BCUT2D eigenvalue weighted by Gasteiger charge is 2.31. The monoisotopic (exact) mass is 514 g/mol. The molecule has 3 aromatic rings. The molecule has 0 N–H and O–H groups in total. The van der Waals surface area contributed by atoms with Crippen molar-refractivity contribution in [3.8, 4) is 0 Å². The molecular weight excluding hydrogens is 490 g/mol. The average molecular weight is 515 g/mol. The molecule has 5 rings (SSSR count). The minimum absolute atomic E-state index is 0.00406. The van der Waals surface area contributed by atoms with Crippen molar-refractivity contribution in [2.45, 2.75) is 19.3 Å². The van der Waals surface area contributed by atoms with E-state index in [-0.39, 0.29) is 40.9 Å². The van der Waals surface area contributed by atoms with Crippen LogP contribution in [0.2, 0.25) is 0 Å². The summed E-state index contributed by atoms with van der Waals surface area (Å²) in [7, 11) is 0. The van der Waals surface area contributed by atoms with Crippen molar-refractivity contribution >= 4 is 50.1 Å². The lowest BCUT2D eigenvalue weighted by Crippen LogP contribution is -2.39. The number of halogens is 2. The molecule has 0 radical (unpaired) electrons. The van der Waals surface area contributed by atoms with E-state index in [9.17, 15) is 23.2 Å². The molecule has 3 heterocycles. The molecule has 0 unspecified atom stereocenters. The van der Waals surface area contributed by atoms with Crippen molar-refractivity contribution < 1.29 is 27.9 Å². The van der Waals surface area contributed by atoms with Gasteiger partial charge in [-0.1, -0.05) is 17.4 Å². The Hall–Kier alpha value is -3.28. The maximum Gasteiger partial charge on any atom is 0.260 e. The lowest BCUT2D eigenvalue weighted by Gasteiger charge is -2.28. The molecule has 188 valence electrons. The van der Waals surface area contributed by atoms with E-state index >= 15 is 0 Å². The third-order valence-corrected chi connectivity index (χ3v) is 7.27. The van der Waals surface area contributed by atoms with E-state index in [4.69, 9.17) is 4.74 Å². The standard InChI is InChI=1S/C25H24F2N4O4S/c26-17-14-19(27)23-20(15-17)36-25(28-23)30(8-2-7-29-9-11-35-12-10-29)24(34)16-3-1-4-18(13-16)31-21(32)5-6-22(31)33/h1,3-4,13-15H,2,5-12H2. The van der Waals surface area contributed by atoms with Gasteiger partial charge >= 0.3 is 0 Å². The van der Waals surface area contributed by atoms with Gasteiger partial charge in [-0.3, -0.25) is 29.1 Å². The molecule has 1 aromatic heterocycles. The Morgan fingerprint density at radius 1 is 1.08 bits per heavy atom. The molecule has 0 saturated carbocycles. The van der Waals surface area contributed by atoms with Crippen LogP contribution in [0.4, 0.5) is 19.6 Å². The van der Waals surface area contributed by atoms with Gasteiger partial charge in [-0.15, -0.1) is 0 Å². The average Bonchev–Trinajstić information content (AvgIpc) is 3.45. The molecule has 3 amide bonds. The Morgan fingerprint density at radius 3 is 2.58 bits per heavy atom. The summed E-state index contributed by atoms with van der Waals surface area (Å²) >= 11 is 1.03. The summed E-state index contributed by atoms with van der Waals surface area (Å²) in [6.45, 7) is 3.96. The molecule has 36 heavy (non-hydrogen) atoms. The van der Waals surface area contributed by atoms with E-state index in [2.05, 4.69) is 9.88 Å². The largest absolute Gasteiger partial charge is 0.379 e. The van der Waals surface area contributed by atoms with Gasteiger partial charge in [0, 0.05) is 50.7 Å². The minimum atomic E-state index is -0.790. The van der Waals surface area contributed by atoms with Crippen LogP contribution >= 0.6 is 11.3 Å². The van der Waals surface area contributed by atoms with Gasteiger partial charge in [0.2, 0.25) is 11.8 Å². The number of hydrogen-bond acceptors (Lipinski definition) is 7. The van der Waals surface area contributed by atoms with E-state index in [1.807, 2.05) is 0 Å². The van der Waals surface area contributed by atoms with Crippen LogP contribution in [-0.2, 0) is 14.3 Å². The predicted molar refractivity (Wildman–Crippen MR) is 131 cm³/mol. The van der Waals surface area contributed by atoms with E-state index in [0.717, 1.165) is 41.9 Å². The molecule has 8 nitrogen and oxygen atoms in total. The van der Waals surface area contributed by atoms with Gasteiger partial charge in [-0.2, -0.15) is 0 Å². The Kier molecular flexibility index (Phi) is 7.04. The first kappa shape index (κ1) is 24.4. The molecule has 11 heteroatoms. The third kappa shape index (κ3) is 4.99. The SMILES string of the molecule is O=C(c1cccc(N2C(=O)CCC2=O)c1)N(CCCN1CCOCC1)c1nc2c(F)cc(F)cc2s1. The first-order valence-corrected chi connectivity index (χ1v) is 12.6. The topological polar surface area (TPSA) is 83.1 Å². The van der Waals surface area contributed by atoms with Gasteiger partial charge in [0.25, 0.3) is 5.91 Å². The predicted octanol–water partition coefficient (Wildman–Crippen LogP) is 3.60. The molecule has 0 aliphatic carbocycles. The Balaban J connectivity index is 1.44. The lowest BCUT2D eigenvalue weighted by molar-refractivity contribution is -0.121. The molecule has 2 aliphatic heterocycles. The number of imide groups is 1. The van der Waals surface area contributed by atoms with Crippen LogP contribution in [0, 0.1) is 11.6 Å². The van der Waals surface area contributed by atoms with Gasteiger partial charge in [-0.05, 0) is 30.7 Å². The van der Waals surface area contributed by atoms with Gasteiger partial charge in [-0.25, -0.2) is 13.8 Å². The number of fused-ring (bicyclic) bond motifs is 1. The van der Waals surface area contributed by atoms with Crippen LogP contribution in [0.15, 0.2) is 36.4 Å². The third-order valence-electron chi connectivity index (χ3n) is 6.24. The number of carbonyl (C=O) groups excluding carboxylic acids is 3. The summed E-state index contributed by atoms with van der Waals surface area (Å²) in [5.41, 5.74) is 0.598. The number of anilines is 2. The molecule has 2 aliphatic rings. The first-order valence-electron chi connectivity index (χ1n) is 11.7. The molecule has 0 atom stereocenters. The highest BCUT2D eigenvalue weighted by atomic mass is 32.1. The fourth-order valence-electron chi connectivity index (χ4n) is 4.42. The number of hydrogen-bond donors (Lipinski definition) is 0. The van der Waals surface area contributed by atoms with Gasteiger partial charge < -0.3 is 4.74 Å². The van der Waals surface area contributed by atoms with Crippen LogP contribution in [0.1, 0.15) is 29.6 Å². The molecular formula is C25H24F2N4O4S. The van der Waals surface area contributed by atoms with Crippen LogP contribution in [0.5, 0.6) is 0 Å². The Labute approximate surface area is 210 Å². The second kappa shape index (κ2) is 10.4. The van der Waals surface area contributed by atoms with Gasteiger partial charge in [0.05, 0.1) is 23.6 Å². The normalized spacial score (nSPS) is 16.8. The fraction of sp³-hybridized carbons (Fsp3) is 0.360. The molecule has 2 aromatic carbocycles. The minimum Gasteiger partial charge on any atom is -0.379 e. The number of amides is 3. The first-order chi connectivity index (χ1) is 17.4. The number of carbonyl (C=O) groups is 3. The highest BCUT2D eigenvalue weighted by Crippen LogP contribution is 2.33. The summed E-state index contributed by atoms with van der Waals surface area (Å²) in [5, 5.41) is 0.250. The number of ether oxygens (including phenoxy) is 1. The summed E-state index contributed by atoms with van der Waals surface area (Å²) in [5.74, 6) is -2.53. The van der Waals surface area contributed by atoms with E-state index in [1.165, 1.54) is 17.0 Å². The van der Waals surface area contributed by atoms with Gasteiger partial charge in [0.15, 0.2) is 10.9 Å². The number of rotatable bonds is 7. The molecule has 0 spiro atoms. The van der Waals surface area contributed by atoms with Crippen molar-refractivity contribution in [1.82, 2.24) is 9.88 Å². The zero-order chi connectivity index (χ0) is 25.2. The van der Waals surface area contributed by atoms with E-state index < -0.39 is 17.5 Å². The van der Waals surface area contributed by atoms with E-state index in [0.29, 0.717) is 36.6 Å². The zero-order valence-corrected chi connectivity index (χ0v) is 20.2. The quantitative estimate of drug-likeness (QED) is 0.448. The maximum absolute atomic E-state index is 14.4. The van der Waals surface area contributed by atoms with Gasteiger partial charge in [0.1, 0.15) is 11.3 Å². The van der Waals surface area contributed by atoms with Crippen molar-refractivity contribution in [2.24, 2.45) is 0 Å². The maximum atomic E-state index is 14.4. The van der Waals surface area contributed by atoms with Crippen molar-refractivity contribution in [3.05, 3.63) is 53.6 Å². The number of benzene rings is 2. The number of thiazole rings is 1. The van der Waals surface area contributed by atoms with Crippen molar-refractivity contribution in [1.29, 1.82) is 0 Å². The van der Waals surface area contributed by atoms with Crippen LogP contribution in [0.25, 0.3) is 10.2 Å². The van der Waals surface area contributed by atoms with Crippen LogP contribution in [0.3, 0.4) is 0 Å². The lowest BCUT2D eigenvalue weighted by atomic mass is 10.1. The second-order valence-corrected chi connectivity index (χ2v) is 9.68. The second-order valence-electron chi connectivity index (χ2n) is 8.67. The molecule has 2 saturated heterocycles. The number of nitrogens with zero attached hydrogens (tertiary/aromatic N) is 4. The smallest absolute Gasteiger partial charge is 0.260 e. The summed E-state index contributed by atoms with van der Waals surface area (Å²) in [6.07, 6.45) is 0.901.